The maximum Gasteiger partial charge on any atom is 0.308 e. The summed E-state index contributed by atoms with van der Waals surface area (Å²) in [6, 6.07) is 5.49. The Bertz CT molecular complexity index is 600. The molecule has 0 saturated carbocycles. The average Bonchev–Trinajstić information content (AvgIpc) is 2.50. The Morgan fingerprint density at radius 1 is 1.59 bits per heavy atom. The first-order chi connectivity index (χ1) is 10.4. The smallest absolute Gasteiger partial charge is 0.308 e. The van der Waals surface area contributed by atoms with Crippen molar-refractivity contribution in [2.24, 2.45) is 5.92 Å². The van der Waals surface area contributed by atoms with Gasteiger partial charge in [-0.05, 0) is 12.1 Å². The molecule has 1 unspecified atom stereocenters. The number of carboxylic acid groups (broad SMARTS) is 1. The second kappa shape index (κ2) is 6.51. The summed E-state index contributed by atoms with van der Waals surface area (Å²) in [6.45, 7) is 6.30. The number of carboxylic acids is 1. The number of likely N-dealkylation sites (N-methyl/N-ethyl adjacent to an activating group) is 1. The molecular formula is C16H20N2O4. The van der Waals surface area contributed by atoms with Crippen LogP contribution in [0, 0.1) is 5.92 Å². The fourth-order valence-corrected chi connectivity index (χ4v) is 2.31. The zero-order valence-corrected chi connectivity index (χ0v) is 12.8. The van der Waals surface area contributed by atoms with Crippen LogP contribution in [0.1, 0.15) is 6.92 Å². The monoisotopic (exact) mass is 304 g/mol. The van der Waals surface area contributed by atoms with E-state index in [1.807, 2.05) is 23.1 Å². The summed E-state index contributed by atoms with van der Waals surface area (Å²) in [5.41, 5.74) is 1.55. The molecule has 0 spiro atoms. The van der Waals surface area contributed by atoms with E-state index >= 15 is 0 Å². The number of amides is 1. The summed E-state index contributed by atoms with van der Waals surface area (Å²) in [6.07, 6.45) is 1.73. The molecule has 6 nitrogen and oxygen atoms in total. The molecule has 1 aromatic carbocycles. The predicted molar refractivity (Wildman–Crippen MR) is 84.6 cm³/mol. The van der Waals surface area contributed by atoms with Gasteiger partial charge in [-0.3, -0.25) is 9.59 Å². The second-order valence-corrected chi connectivity index (χ2v) is 5.33. The number of hydrogen-bond donors (Lipinski definition) is 1. The molecule has 0 fully saturated rings. The van der Waals surface area contributed by atoms with E-state index in [0.717, 1.165) is 5.69 Å². The van der Waals surface area contributed by atoms with Gasteiger partial charge in [-0.25, -0.2) is 0 Å². The van der Waals surface area contributed by atoms with E-state index in [2.05, 4.69) is 6.58 Å². The van der Waals surface area contributed by atoms with Crippen molar-refractivity contribution < 1.29 is 19.4 Å². The molecule has 2 rings (SSSR count). The molecule has 0 bridgehead atoms. The molecule has 1 N–H and O–H groups in total. The van der Waals surface area contributed by atoms with E-state index in [1.54, 1.807) is 24.9 Å². The lowest BCUT2D eigenvalue weighted by atomic mass is 10.1. The van der Waals surface area contributed by atoms with Gasteiger partial charge in [0.05, 0.1) is 11.6 Å². The molecule has 0 aliphatic carbocycles. The van der Waals surface area contributed by atoms with Crippen LogP contribution in [0.25, 0.3) is 0 Å². The van der Waals surface area contributed by atoms with Gasteiger partial charge in [-0.2, -0.15) is 0 Å². The zero-order valence-electron chi connectivity index (χ0n) is 12.8. The highest BCUT2D eigenvalue weighted by Crippen LogP contribution is 2.35. The Labute approximate surface area is 129 Å². The highest BCUT2D eigenvalue weighted by Gasteiger charge is 2.23. The first-order valence-electron chi connectivity index (χ1n) is 7.06. The maximum absolute atomic E-state index is 11.6. The van der Waals surface area contributed by atoms with E-state index in [0.29, 0.717) is 24.5 Å². The minimum absolute atomic E-state index is 0.0138. The average molecular weight is 304 g/mol. The Morgan fingerprint density at radius 2 is 2.32 bits per heavy atom. The number of ether oxygens (including phenoxy) is 1. The van der Waals surface area contributed by atoms with Gasteiger partial charge in [0, 0.05) is 31.9 Å². The predicted octanol–water partition coefficient (Wildman–Crippen LogP) is 1.75. The van der Waals surface area contributed by atoms with Crippen molar-refractivity contribution in [3.8, 4) is 5.75 Å². The highest BCUT2D eigenvalue weighted by molar-refractivity contribution is 5.97. The molecule has 1 amide bonds. The molecule has 0 radical (unpaired) electrons. The summed E-state index contributed by atoms with van der Waals surface area (Å²) in [5, 5.41) is 9.08. The van der Waals surface area contributed by atoms with Crippen LogP contribution >= 0.6 is 0 Å². The Balaban J connectivity index is 2.27. The molecule has 118 valence electrons. The SMILES string of the molecule is C=CCN(CC(C)C(=O)O)c1ccc2c(c1)OCC(=O)N2C. The van der Waals surface area contributed by atoms with Crippen molar-refractivity contribution in [3.05, 3.63) is 30.9 Å². The number of rotatable bonds is 6. The van der Waals surface area contributed by atoms with Gasteiger partial charge in [0.25, 0.3) is 5.91 Å². The van der Waals surface area contributed by atoms with Crippen LogP contribution < -0.4 is 14.5 Å². The summed E-state index contributed by atoms with van der Waals surface area (Å²) >= 11 is 0. The first-order valence-corrected chi connectivity index (χ1v) is 7.06. The fourth-order valence-electron chi connectivity index (χ4n) is 2.31. The number of carbonyl (C=O) groups excluding carboxylic acids is 1. The van der Waals surface area contributed by atoms with Crippen molar-refractivity contribution in [2.75, 3.05) is 36.5 Å². The van der Waals surface area contributed by atoms with Crippen LogP contribution in [0.2, 0.25) is 0 Å². The van der Waals surface area contributed by atoms with Crippen LogP contribution in [0.3, 0.4) is 0 Å². The number of carbonyl (C=O) groups is 2. The van der Waals surface area contributed by atoms with Crippen LogP contribution in [0.15, 0.2) is 30.9 Å². The summed E-state index contributed by atoms with van der Waals surface area (Å²) < 4.78 is 5.47. The highest BCUT2D eigenvalue weighted by atomic mass is 16.5. The number of hydrogen-bond acceptors (Lipinski definition) is 4. The number of fused-ring (bicyclic) bond motifs is 1. The number of anilines is 2. The third kappa shape index (κ3) is 3.21. The Morgan fingerprint density at radius 3 is 2.95 bits per heavy atom. The summed E-state index contributed by atoms with van der Waals surface area (Å²) in [5.74, 6) is -0.811. The standard InChI is InChI=1S/C16H20N2O4/c1-4-7-18(9-11(2)16(20)21)12-5-6-13-14(8-12)22-10-15(19)17(13)3/h4-6,8,11H,1,7,9-10H2,2-3H3,(H,20,21). The van der Waals surface area contributed by atoms with E-state index in [4.69, 9.17) is 9.84 Å². The fraction of sp³-hybridized carbons (Fsp3) is 0.375. The summed E-state index contributed by atoms with van der Waals surface area (Å²) in [7, 11) is 1.71. The Hall–Kier alpha value is -2.50. The quantitative estimate of drug-likeness (QED) is 0.811. The molecule has 6 heteroatoms. The van der Waals surface area contributed by atoms with Gasteiger partial charge in [0.2, 0.25) is 0 Å². The molecule has 1 aromatic rings. The third-order valence-corrected chi connectivity index (χ3v) is 3.66. The zero-order chi connectivity index (χ0) is 16.3. The van der Waals surface area contributed by atoms with Crippen LogP contribution in [0.4, 0.5) is 11.4 Å². The minimum Gasteiger partial charge on any atom is -0.481 e. The lowest BCUT2D eigenvalue weighted by Gasteiger charge is -2.29. The van der Waals surface area contributed by atoms with Crippen molar-refractivity contribution in [1.29, 1.82) is 0 Å². The van der Waals surface area contributed by atoms with Crippen molar-refractivity contribution in [1.82, 2.24) is 0 Å². The van der Waals surface area contributed by atoms with E-state index in [9.17, 15) is 9.59 Å². The molecule has 0 saturated heterocycles. The molecule has 0 aromatic heterocycles. The van der Waals surface area contributed by atoms with Gasteiger partial charge in [0.15, 0.2) is 6.61 Å². The van der Waals surface area contributed by atoms with E-state index in [1.165, 1.54) is 0 Å². The second-order valence-electron chi connectivity index (χ2n) is 5.33. The van der Waals surface area contributed by atoms with Crippen molar-refractivity contribution in [2.45, 2.75) is 6.92 Å². The van der Waals surface area contributed by atoms with Gasteiger partial charge in [-0.1, -0.05) is 13.0 Å². The van der Waals surface area contributed by atoms with Crippen LogP contribution in [-0.2, 0) is 9.59 Å². The number of benzene rings is 1. The van der Waals surface area contributed by atoms with Crippen molar-refractivity contribution >= 4 is 23.3 Å². The van der Waals surface area contributed by atoms with Gasteiger partial charge in [-0.15, -0.1) is 6.58 Å². The largest absolute Gasteiger partial charge is 0.481 e. The molecule has 1 heterocycles. The van der Waals surface area contributed by atoms with Gasteiger partial charge in [0.1, 0.15) is 5.75 Å². The Kier molecular flexibility index (Phi) is 4.70. The van der Waals surface area contributed by atoms with E-state index < -0.39 is 11.9 Å². The molecule has 1 aliphatic rings. The number of aliphatic carboxylic acids is 1. The van der Waals surface area contributed by atoms with E-state index in [-0.39, 0.29) is 12.5 Å². The molecule has 22 heavy (non-hydrogen) atoms. The third-order valence-electron chi connectivity index (χ3n) is 3.66. The number of nitrogens with zero attached hydrogens (tertiary/aromatic N) is 2. The lowest BCUT2D eigenvalue weighted by molar-refractivity contribution is -0.140. The van der Waals surface area contributed by atoms with Crippen LogP contribution in [-0.4, -0.2) is 43.7 Å². The normalized spacial score (nSPS) is 14.8. The minimum atomic E-state index is -0.839. The van der Waals surface area contributed by atoms with Crippen molar-refractivity contribution in [3.63, 3.8) is 0 Å². The summed E-state index contributed by atoms with van der Waals surface area (Å²) in [4.78, 5) is 26.1. The van der Waals surface area contributed by atoms with Gasteiger partial charge < -0.3 is 19.6 Å². The lowest BCUT2D eigenvalue weighted by Crippen LogP contribution is -2.36. The molecule has 1 aliphatic heterocycles. The van der Waals surface area contributed by atoms with Crippen LogP contribution in [0.5, 0.6) is 5.75 Å². The maximum atomic E-state index is 11.6. The topological polar surface area (TPSA) is 70.1 Å². The first kappa shape index (κ1) is 15.9. The van der Waals surface area contributed by atoms with Gasteiger partial charge >= 0.3 is 5.97 Å². The molecule has 1 atom stereocenters. The molecular weight excluding hydrogens is 284 g/mol.